The van der Waals surface area contributed by atoms with Crippen molar-refractivity contribution >= 4 is 5.91 Å². The fraction of sp³-hybridized carbons (Fsp3) is 0.941. The van der Waals surface area contributed by atoms with Crippen LogP contribution in [0.1, 0.15) is 74.1 Å². The molecule has 1 atom stereocenters. The Morgan fingerprint density at radius 2 is 1.65 bits per heavy atom. The summed E-state index contributed by atoms with van der Waals surface area (Å²) in [5.41, 5.74) is 6.67. The second-order valence-electron chi connectivity index (χ2n) is 9.35. The van der Waals surface area contributed by atoms with Crippen molar-refractivity contribution in [2.24, 2.45) is 22.0 Å². The molecule has 0 aromatic carbocycles. The highest BCUT2D eigenvalue weighted by Crippen LogP contribution is 2.45. The Morgan fingerprint density at radius 3 is 2.05 bits per heavy atom. The summed E-state index contributed by atoms with van der Waals surface area (Å²) in [6, 6.07) is 0.195. The summed E-state index contributed by atoms with van der Waals surface area (Å²) >= 11 is 0. The number of rotatable bonds is 3. The van der Waals surface area contributed by atoms with Crippen LogP contribution in [0, 0.1) is 16.2 Å². The number of amides is 1. The highest BCUT2D eigenvalue weighted by molar-refractivity contribution is 5.77. The van der Waals surface area contributed by atoms with Gasteiger partial charge in [0.05, 0.1) is 0 Å². The Labute approximate surface area is 125 Å². The predicted molar refractivity (Wildman–Crippen MR) is 85.4 cm³/mol. The van der Waals surface area contributed by atoms with Gasteiger partial charge in [-0.1, -0.05) is 48.5 Å². The van der Waals surface area contributed by atoms with E-state index in [0.29, 0.717) is 17.3 Å². The number of hydrogen-bond donors (Lipinski definition) is 2. The van der Waals surface area contributed by atoms with Gasteiger partial charge in [-0.3, -0.25) is 4.79 Å². The molecule has 3 heteroatoms. The van der Waals surface area contributed by atoms with E-state index in [1.54, 1.807) is 0 Å². The first kappa shape index (κ1) is 17.5. The quantitative estimate of drug-likeness (QED) is 0.832. The number of nitrogens with one attached hydrogen (secondary N) is 1. The molecule has 20 heavy (non-hydrogen) atoms. The third kappa shape index (κ3) is 5.43. The van der Waals surface area contributed by atoms with Crippen molar-refractivity contribution in [1.29, 1.82) is 0 Å². The third-order valence-corrected chi connectivity index (χ3v) is 4.44. The number of carbonyl (C=O) groups excluding carboxylic acids is 1. The van der Waals surface area contributed by atoms with Gasteiger partial charge in [0, 0.05) is 18.5 Å². The Bertz CT molecular complexity index is 336. The highest BCUT2D eigenvalue weighted by Gasteiger charge is 2.39. The van der Waals surface area contributed by atoms with E-state index in [4.69, 9.17) is 5.73 Å². The van der Waals surface area contributed by atoms with Crippen LogP contribution in [-0.4, -0.2) is 18.0 Å². The zero-order valence-electron chi connectivity index (χ0n) is 14.5. The molecule has 118 valence electrons. The minimum Gasteiger partial charge on any atom is -0.353 e. The van der Waals surface area contributed by atoms with Crippen LogP contribution < -0.4 is 11.1 Å². The molecule has 1 saturated carbocycles. The molecule has 1 unspecified atom stereocenters. The summed E-state index contributed by atoms with van der Waals surface area (Å²) in [6.45, 7) is 15.4. The van der Waals surface area contributed by atoms with E-state index in [-0.39, 0.29) is 23.4 Å². The molecule has 1 fully saturated rings. The summed E-state index contributed by atoms with van der Waals surface area (Å²) in [4.78, 5) is 12.2. The molecule has 0 bridgehead atoms. The first-order valence-corrected chi connectivity index (χ1v) is 7.86. The van der Waals surface area contributed by atoms with E-state index in [1.807, 2.05) is 0 Å². The van der Waals surface area contributed by atoms with Crippen molar-refractivity contribution in [3.63, 3.8) is 0 Å². The Balaban J connectivity index is 2.58. The lowest BCUT2D eigenvalue weighted by molar-refractivity contribution is -0.123. The number of carbonyl (C=O) groups is 1. The van der Waals surface area contributed by atoms with Crippen LogP contribution in [0.15, 0.2) is 0 Å². The van der Waals surface area contributed by atoms with Gasteiger partial charge >= 0.3 is 0 Å². The molecule has 0 radical (unpaired) electrons. The van der Waals surface area contributed by atoms with Gasteiger partial charge in [0.25, 0.3) is 0 Å². The van der Waals surface area contributed by atoms with Crippen LogP contribution in [0.25, 0.3) is 0 Å². The van der Waals surface area contributed by atoms with Crippen LogP contribution >= 0.6 is 0 Å². The van der Waals surface area contributed by atoms with Gasteiger partial charge in [-0.2, -0.15) is 0 Å². The molecule has 1 rings (SSSR count). The number of hydrogen-bond acceptors (Lipinski definition) is 2. The van der Waals surface area contributed by atoms with Gasteiger partial charge < -0.3 is 11.1 Å². The van der Waals surface area contributed by atoms with E-state index in [9.17, 15) is 4.79 Å². The normalized spacial score (nSPS) is 24.2. The lowest BCUT2D eigenvalue weighted by Crippen LogP contribution is -2.48. The summed E-state index contributed by atoms with van der Waals surface area (Å²) in [7, 11) is 0. The average molecular weight is 282 g/mol. The zero-order valence-corrected chi connectivity index (χ0v) is 14.5. The van der Waals surface area contributed by atoms with Gasteiger partial charge in [0.2, 0.25) is 5.91 Å². The van der Waals surface area contributed by atoms with Crippen molar-refractivity contribution in [1.82, 2.24) is 5.32 Å². The summed E-state index contributed by atoms with van der Waals surface area (Å²) < 4.78 is 0. The van der Waals surface area contributed by atoms with E-state index >= 15 is 0 Å². The van der Waals surface area contributed by atoms with Crippen molar-refractivity contribution < 1.29 is 4.79 Å². The third-order valence-electron chi connectivity index (χ3n) is 4.44. The van der Waals surface area contributed by atoms with Crippen molar-refractivity contribution in [2.75, 3.05) is 0 Å². The van der Waals surface area contributed by atoms with Gasteiger partial charge in [-0.15, -0.1) is 0 Å². The largest absolute Gasteiger partial charge is 0.353 e. The molecule has 0 saturated heterocycles. The molecule has 0 aromatic rings. The van der Waals surface area contributed by atoms with Crippen LogP contribution in [0.4, 0.5) is 0 Å². The minimum absolute atomic E-state index is 0.0254. The smallest absolute Gasteiger partial charge is 0.221 e. The standard InChI is InChI=1S/C17H34N2O/c1-15(2,3)13(18)8-14(20)19-12-9-16(4,5)11-17(6,7)10-12/h12-13H,8-11,18H2,1-7H3,(H,19,20). The summed E-state index contributed by atoms with van der Waals surface area (Å²) in [5.74, 6) is 0.103. The zero-order chi connectivity index (χ0) is 15.8. The maximum Gasteiger partial charge on any atom is 0.221 e. The van der Waals surface area contributed by atoms with Gasteiger partial charge in [0.1, 0.15) is 0 Å². The van der Waals surface area contributed by atoms with E-state index < -0.39 is 0 Å². The van der Waals surface area contributed by atoms with E-state index in [1.165, 1.54) is 6.42 Å². The van der Waals surface area contributed by atoms with Crippen LogP contribution in [0.5, 0.6) is 0 Å². The molecule has 1 aliphatic rings. The maximum atomic E-state index is 12.2. The molecular weight excluding hydrogens is 248 g/mol. The Hall–Kier alpha value is -0.570. The fourth-order valence-corrected chi connectivity index (χ4v) is 3.74. The van der Waals surface area contributed by atoms with Crippen molar-refractivity contribution in [2.45, 2.75) is 86.2 Å². The molecule has 0 spiro atoms. The van der Waals surface area contributed by atoms with E-state index in [2.05, 4.69) is 53.8 Å². The SMILES string of the molecule is CC1(C)CC(NC(=O)CC(N)C(C)(C)C)CC(C)(C)C1. The summed E-state index contributed by atoms with van der Waals surface area (Å²) in [6.07, 6.45) is 3.76. The topological polar surface area (TPSA) is 55.1 Å². The number of nitrogens with two attached hydrogens (primary N) is 1. The fourth-order valence-electron chi connectivity index (χ4n) is 3.74. The minimum atomic E-state index is -0.0906. The molecule has 3 nitrogen and oxygen atoms in total. The molecule has 1 aliphatic carbocycles. The second kappa shape index (κ2) is 5.67. The molecule has 1 amide bonds. The predicted octanol–water partition coefficient (Wildman–Crippen LogP) is 3.47. The maximum absolute atomic E-state index is 12.2. The Morgan fingerprint density at radius 1 is 1.20 bits per heavy atom. The molecule has 0 aliphatic heterocycles. The Kier molecular flexibility index (Phi) is 4.95. The lowest BCUT2D eigenvalue weighted by atomic mass is 9.63. The van der Waals surface area contributed by atoms with Crippen LogP contribution in [0.2, 0.25) is 0 Å². The van der Waals surface area contributed by atoms with Gasteiger partial charge in [-0.05, 0) is 35.5 Å². The summed E-state index contributed by atoms with van der Waals surface area (Å²) in [5, 5.41) is 3.21. The molecule has 3 N–H and O–H groups in total. The van der Waals surface area contributed by atoms with Gasteiger partial charge in [-0.25, -0.2) is 0 Å². The highest BCUT2D eigenvalue weighted by atomic mass is 16.1. The first-order chi connectivity index (χ1) is 8.81. The monoisotopic (exact) mass is 282 g/mol. The van der Waals surface area contributed by atoms with Crippen LogP contribution in [0.3, 0.4) is 0 Å². The van der Waals surface area contributed by atoms with Crippen molar-refractivity contribution in [3.8, 4) is 0 Å². The molecular formula is C17H34N2O. The van der Waals surface area contributed by atoms with Gasteiger partial charge in [0.15, 0.2) is 0 Å². The molecule has 0 aromatic heterocycles. The van der Waals surface area contributed by atoms with E-state index in [0.717, 1.165) is 12.8 Å². The van der Waals surface area contributed by atoms with Crippen molar-refractivity contribution in [3.05, 3.63) is 0 Å². The second-order valence-corrected chi connectivity index (χ2v) is 9.35. The average Bonchev–Trinajstić information content (AvgIpc) is 2.09. The lowest BCUT2D eigenvalue weighted by Gasteiger charge is -2.45. The first-order valence-electron chi connectivity index (χ1n) is 7.86. The van der Waals surface area contributed by atoms with Crippen LogP contribution in [-0.2, 0) is 4.79 Å². The molecule has 0 heterocycles.